The zero-order valence-corrected chi connectivity index (χ0v) is 9.71. The predicted molar refractivity (Wildman–Crippen MR) is 61.7 cm³/mol. The first-order chi connectivity index (χ1) is 8.17. The predicted octanol–water partition coefficient (Wildman–Crippen LogP) is 1.77. The van der Waals surface area contributed by atoms with E-state index in [0.717, 1.165) is 11.4 Å². The van der Waals surface area contributed by atoms with Gasteiger partial charge in [-0.2, -0.15) is 4.98 Å². The van der Waals surface area contributed by atoms with Gasteiger partial charge in [-0.1, -0.05) is 0 Å². The Labute approximate surface area is 99.2 Å². The highest BCUT2D eigenvalue weighted by molar-refractivity contribution is 5.23. The summed E-state index contributed by atoms with van der Waals surface area (Å²) in [5.41, 5.74) is 2.20. The average Bonchev–Trinajstić information content (AvgIpc) is 2.31. The zero-order chi connectivity index (χ0) is 12.3. The van der Waals surface area contributed by atoms with Crippen LogP contribution in [0.3, 0.4) is 0 Å². The zero-order valence-electron chi connectivity index (χ0n) is 9.71. The van der Waals surface area contributed by atoms with Gasteiger partial charge in [-0.05, 0) is 32.0 Å². The number of ether oxygens (including phenoxy) is 1. The Bertz CT molecular complexity index is 512. The third-order valence-corrected chi connectivity index (χ3v) is 2.14. The van der Waals surface area contributed by atoms with E-state index in [2.05, 4.69) is 15.0 Å². The van der Waals surface area contributed by atoms with Gasteiger partial charge in [-0.3, -0.25) is 4.98 Å². The van der Waals surface area contributed by atoms with E-state index in [1.807, 2.05) is 19.9 Å². The van der Waals surface area contributed by atoms with Gasteiger partial charge in [0.1, 0.15) is 5.75 Å². The standard InChI is InChI=1S/C12H13N3O2/c1-8-3-4-11(6-13-8)17-12-14-9(2)5-10(7-16)15-12/h3-6,16H,7H2,1-2H3. The highest BCUT2D eigenvalue weighted by atomic mass is 16.5. The van der Waals surface area contributed by atoms with Crippen molar-refractivity contribution in [3.63, 3.8) is 0 Å². The monoisotopic (exact) mass is 231 g/mol. The lowest BCUT2D eigenvalue weighted by atomic mass is 10.3. The van der Waals surface area contributed by atoms with Gasteiger partial charge < -0.3 is 9.84 Å². The van der Waals surface area contributed by atoms with Crippen LogP contribution >= 0.6 is 0 Å². The van der Waals surface area contributed by atoms with Crippen LogP contribution in [0.4, 0.5) is 0 Å². The van der Waals surface area contributed by atoms with Crippen molar-refractivity contribution in [1.29, 1.82) is 0 Å². The number of nitrogens with zero attached hydrogens (tertiary/aromatic N) is 3. The van der Waals surface area contributed by atoms with Crippen molar-refractivity contribution >= 4 is 0 Å². The first kappa shape index (κ1) is 11.5. The fourth-order valence-electron chi connectivity index (χ4n) is 1.35. The van der Waals surface area contributed by atoms with Crippen LogP contribution in [0.5, 0.6) is 11.8 Å². The molecular weight excluding hydrogens is 218 g/mol. The number of aliphatic hydroxyl groups excluding tert-OH is 1. The van der Waals surface area contributed by atoms with Crippen LogP contribution in [0.25, 0.3) is 0 Å². The number of rotatable bonds is 3. The maximum atomic E-state index is 9.03. The largest absolute Gasteiger partial charge is 0.423 e. The van der Waals surface area contributed by atoms with Crippen molar-refractivity contribution in [1.82, 2.24) is 15.0 Å². The number of hydrogen-bond acceptors (Lipinski definition) is 5. The minimum absolute atomic E-state index is 0.133. The average molecular weight is 231 g/mol. The third kappa shape index (κ3) is 2.98. The van der Waals surface area contributed by atoms with Crippen molar-refractivity contribution < 1.29 is 9.84 Å². The third-order valence-electron chi connectivity index (χ3n) is 2.14. The van der Waals surface area contributed by atoms with Crippen LogP contribution in [0.1, 0.15) is 17.1 Å². The molecule has 0 saturated heterocycles. The second-order valence-corrected chi connectivity index (χ2v) is 3.68. The summed E-state index contributed by atoms with van der Waals surface area (Å²) in [5.74, 6) is 0.574. The highest BCUT2D eigenvalue weighted by Gasteiger charge is 2.04. The Morgan fingerprint density at radius 1 is 1.18 bits per heavy atom. The van der Waals surface area contributed by atoms with Crippen molar-refractivity contribution in [2.75, 3.05) is 0 Å². The maximum absolute atomic E-state index is 9.03. The summed E-state index contributed by atoms with van der Waals surface area (Å²) in [6, 6.07) is 5.57. The number of aromatic nitrogens is 3. The van der Waals surface area contributed by atoms with Crippen LogP contribution in [-0.2, 0) is 6.61 Å². The van der Waals surface area contributed by atoms with E-state index in [-0.39, 0.29) is 12.6 Å². The molecule has 2 aromatic heterocycles. The minimum atomic E-state index is -0.133. The van der Waals surface area contributed by atoms with Gasteiger partial charge in [0.25, 0.3) is 0 Å². The molecule has 1 N–H and O–H groups in total. The molecule has 0 aliphatic heterocycles. The van der Waals surface area contributed by atoms with Crippen LogP contribution < -0.4 is 4.74 Å². The van der Waals surface area contributed by atoms with Crippen LogP contribution in [0, 0.1) is 13.8 Å². The molecule has 0 radical (unpaired) electrons. The molecule has 0 aromatic carbocycles. The summed E-state index contributed by atoms with van der Waals surface area (Å²) in [6.07, 6.45) is 1.61. The molecule has 0 fully saturated rings. The van der Waals surface area contributed by atoms with E-state index in [1.165, 1.54) is 0 Å². The molecule has 2 aromatic rings. The Kier molecular flexibility index (Phi) is 3.30. The first-order valence-electron chi connectivity index (χ1n) is 5.23. The summed E-state index contributed by atoms with van der Waals surface area (Å²) in [5, 5.41) is 9.03. The van der Waals surface area contributed by atoms with Gasteiger partial charge in [0.15, 0.2) is 0 Å². The lowest BCUT2D eigenvalue weighted by molar-refractivity contribution is 0.274. The molecule has 0 unspecified atom stereocenters. The van der Waals surface area contributed by atoms with Crippen LogP contribution in [0.2, 0.25) is 0 Å². The van der Waals surface area contributed by atoms with Gasteiger partial charge in [0.05, 0.1) is 18.5 Å². The summed E-state index contributed by atoms with van der Waals surface area (Å²) in [4.78, 5) is 12.3. The summed E-state index contributed by atoms with van der Waals surface area (Å²) >= 11 is 0. The molecule has 5 nitrogen and oxygen atoms in total. The van der Waals surface area contributed by atoms with Crippen molar-refractivity contribution in [3.8, 4) is 11.8 Å². The summed E-state index contributed by atoms with van der Waals surface area (Å²) in [6.45, 7) is 3.59. The van der Waals surface area contributed by atoms with E-state index in [4.69, 9.17) is 9.84 Å². The van der Waals surface area contributed by atoms with E-state index in [9.17, 15) is 0 Å². The minimum Gasteiger partial charge on any atom is -0.423 e. The topological polar surface area (TPSA) is 68.1 Å². The molecule has 5 heteroatoms. The SMILES string of the molecule is Cc1ccc(Oc2nc(C)cc(CO)n2)cn1. The Hall–Kier alpha value is -2.01. The van der Waals surface area contributed by atoms with E-state index >= 15 is 0 Å². The number of aryl methyl sites for hydroxylation is 2. The second kappa shape index (κ2) is 4.88. The van der Waals surface area contributed by atoms with Crippen molar-refractivity contribution in [3.05, 3.63) is 41.5 Å². The summed E-state index contributed by atoms with van der Waals surface area (Å²) in [7, 11) is 0. The Morgan fingerprint density at radius 2 is 2.00 bits per heavy atom. The number of pyridine rings is 1. The fourth-order valence-corrected chi connectivity index (χ4v) is 1.35. The summed E-state index contributed by atoms with van der Waals surface area (Å²) < 4.78 is 5.46. The molecule has 0 aliphatic rings. The molecule has 0 spiro atoms. The lowest BCUT2D eigenvalue weighted by Gasteiger charge is -2.05. The molecule has 0 amide bonds. The number of aliphatic hydroxyl groups is 1. The van der Waals surface area contributed by atoms with Gasteiger partial charge in [-0.15, -0.1) is 0 Å². The molecule has 0 aliphatic carbocycles. The fraction of sp³-hybridized carbons (Fsp3) is 0.250. The molecule has 88 valence electrons. The van der Waals surface area contributed by atoms with Crippen molar-refractivity contribution in [2.24, 2.45) is 0 Å². The molecule has 2 rings (SSSR count). The van der Waals surface area contributed by atoms with Crippen LogP contribution in [-0.4, -0.2) is 20.1 Å². The van der Waals surface area contributed by atoms with E-state index in [0.29, 0.717) is 11.4 Å². The molecule has 2 heterocycles. The van der Waals surface area contributed by atoms with Crippen molar-refractivity contribution in [2.45, 2.75) is 20.5 Å². The number of hydrogen-bond donors (Lipinski definition) is 1. The van der Waals surface area contributed by atoms with Gasteiger partial charge in [0, 0.05) is 11.4 Å². The molecule has 17 heavy (non-hydrogen) atoms. The normalized spacial score (nSPS) is 10.3. The van der Waals surface area contributed by atoms with Gasteiger partial charge >= 0.3 is 6.01 Å². The van der Waals surface area contributed by atoms with Gasteiger partial charge in [-0.25, -0.2) is 4.98 Å². The second-order valence-electron chi connectivity index (χ2n) is 3.68. The maximum Gasteiger partial charge on any atom is 0.322 e. The van der Waals surface area contributed by atoms with E-state index in [1.54, 1.807) is 18.3 Å². The highest BCUT2D eigenvalue weighted by Crippen LogP contribution is 2.17. The molecular formula is C12H13N3O2. The molecule has 0 bridgehead atoms. The first-order valence-corrected chi connectivity index (χ1v) is 5.23. The van der Waals surface area contributed by atoms with Gasteiger partial charge in [0.2, 0.25) is 0 Å². The lowest BCUT2D eigenvalue weighted by Crippen LogP contribution is -1.98. The molecule has 0 saturated carbocycles. The smallest absolute Gasteiger partial charge is 0.322 e. The van der Waals surface area contributed by atoms with E-state index < -0.39 is 0 Å². The van der Waals surface area contributed by atoms with Crippen LogP contribution in [0.15, 0.2) is 24.4 Å². The Morgan fingerprint density at radius 3 is 2.65 bits per heavy atom. The Balaban J connectivity index is 2.23. The molecule has 0 atom stereocenters. The quantitative estimate of drug-likeness (QED) is 0.871.